The molecule has 0 fully saturated rings. The molecule has 12 heteroatoms. The smallest absolute Gasteiger partial charge is 0.294 e. The summed E-state index contributed by atoms with van der Waals surface area (Å²) in [7, 11) is 1.54. The molecule has 0 saturated carbocycles. The average molecular weight is 439 g/mol. The van der Waals surface area contributed by atoms with Gasteiger partial charge in [-0.3, -0.25) is 4.79 Å². The fraction of sp³-hybridized carbons (Fsp3) is 0.0526. The van der Waals surface area contributed by atoms with E-state index in [4.69, 9.17) is 22.1 Å². The molecule has 4 rings (SSSR count). The van der Waals surface area contributed by atoms with Crippen molar-refractivity contribution in [2.75, 3.05) is 12.8 Å². The second-order valence-corrected chi connectivity index (χ2v) is 6.59. The number of anilines is 1. The Kier molecular flexibility index (Phi) is 5.58. The van der Waals surface area contributed by atoms with E-state index in [0.717, 1.165) is 5.56 Å². The molecule has 31 heavy (non-hydrogen) atoms. The van der Waals surface area contributed by atoms with Gasteiger partial charge in [-0.1, -0.05) is 41.1 Å². The normalized spacial score (nSPS) is 11.0. The molecule has 0 aliphatic rings. The number of carbonyl (C=O) groups is 1. The minimum absolute atomic E-state index is 0.0103. The number of carbonyl (C=O) groups excluding carboxylic acids is 1. The first-order chi connectivity index (χ1) is 15.1. The highest BCUT2D eigenvalue weighted by Crippen LogP contribution is 2.28. The largest absolute Gasteiger partial charge is 0.497 e. The van der Waals surface area contributed by atoms with Crippen molar-refractivity contribution in [1.82, 2.24) is 30.7 Å². The average Bonchev–Trinajstić information content (AvgIpc) is 3.41. The number of ether oxygens (including phenoxy) is 1. The number of methoxy groups -OCH3 is 1. The molecule has 0 unspecified atom stereocenters. The van der Waals surface area contributed by atoms with E-state index in [9.17, 15) is 4.79 Å². The van der Waals surface area contributed by atoms with E-state index in [1.54, 1.807) is 48.5 Å². The third-order valence-electron chi connectivity index (χ3n) is 4.17. The highest BCUT2D eigenvalue weighted by atomic mass is 35.5. The lowest BCUT2D eigenvalue weighted by molar-refractivity contribution is 0.0950. The molecule has 1 amide bonds. The van der Waals surface area contributed by atoms with Crippen molar-refractivity contribution >= 4 is 29.5 Å². The van der Waals surface area contributed by atoms with Crippen molar-refractivity contribution in [3.05, 3.63) is 64.8 Å². The molecule has 0 aliphatic heterocycles. The number of hydrazone groups is 1. The minimum Gasteiger partial charge on any atom is -0.497 e. The van der Waals surface area contributed by atoms with E-state index in [2.05, 4.69) is 35.8 Å². The molecule has 0 aliphatic carbocycles. The molecule has 0 bridgehead atoms. The van der Waals surface area contributed by atoms with Crippen LogP contribution in [0.2, 0.25) is 5.02 Å². The number of rotatable bonds is 6. The summed E-state index contributed by atoms with van der Waals surface area (Å²) in [5, 5.41) is 19.8. The number of benzene rings is 2. The maximum Gasteiger partial charge on any atom is 0.294 e. The molecule has 0 saturated heterocycles. The zero-order valence-electron chi connectivity index (χ0n) is 16.1. The lowest BCUT2D eigenvalue weighted by Gasteiger charge is -2.07. The molecule has 2 heterocycles. The van der Waals surface area contributed by atoms with Gasteiger partial charge in [0.05, 0.1) is 13.3 Å². The van der Waals surface area contributed by atoms with E-state index in [1.807, 2.05) is 0 Å². The molecular weight excluding hydrogens is 424 g/mol. The summed E-state index contributed by atoms with van der Waals surface area (Å²) in [6.45, 7) is 0. The van der Waals surface area contributed by atoms with Gasteiger partial charge < -0.3 is 10.5 Å². The van der Waals surface area contributed by atoms with Crippen LogP contribution in [0.25, 0.3) is 17.1 Å². The molecule has 0 atom stereocenters. The lowest BCUT2D eigenvalue weighted by Crippen LogP contribution is -2.19. The number of hydrogen-bond acceptors (Lipinski definition) is 9. The summed E-state index contributed by atoms with van der Waals surface area (Å²) in [6, 6.07) is 14.0. The predicted octanol–water partition coefficient (Wildman–Crippen LogP) is 2.33. The summed E-state index contributed by atoms with van der Waals surface area (Å²) in [4.78, 5) is 12.8. The monoisotopic (exact) mass is 438 g/mol. The first-order valence-corrected chi connectivity index (χ1v) is 9.22. The minimum atomic E-state index is -0.593. The van der Waals surface area contributed by atoms with E-state index < -0.39 is 5.91 Å². The molecule has 0 radical (unpaired) electrons. The maximum absolute atomic E-state index is 12.8. The van der Waals surface area contributed by atoms with Crippen molar-refractivity contribution < 1.29 is 14.2 Å². The first kappa shape index (κ1) is 20.0. The van der Waals surface area contributed by atoms with E-state index in [-0.39, 0.29) is 17.3 Å². The molecule has 0 spiro atoms. The Labute approximate surface area is 180 Å². The van der Waals surface area contributed by atoms with Gasteiger partial charge in [-0.25, -0.2) is 10.1 Å². The van der Waals surface area contributed by atoms with Gasteiger partial charge in [0.1, 0.15) is 11.4 Å². The summed E-state index contributed by atoms with van der Waals surface area (Å²) in [5.41, 5.74) is 9.87. The van der Waals surface area contributed by atoms with Gasteiger partial charge in [-0.15, -0.1) is 5.10 Å². The van der Waals surface area contributed by atoms with Crippen LogP contribution in [-0.4, -0.2) is 44.5 Å². The van der Waals surface area contributed by atoms with Crippen molar-refractivity contribution in [2.45, 2.75) is 0 Å². The summed E-state index contributed by atoms with van der Waals surface area (Å²) in [6.07, 6.45) is 1.48. The van der Waals surface area contributed by atoms with Crippen molar-refractivity contribution in [2.24, 2.45) is 5.10 Å². The molecule has 156 valence electrons. The number of amides is 1. The van der Waals surface area contributed by atoms with Gasteiger partial charge in [0.15, 0.2) is 5.69 Å². The second kappa shape index (κ2) is 8.63. The summed E-state index contributed by atoms with van der Waals surface area (Å²) < 4.78 is 11.2. The summed E-state index contributed by atoms with van der Waals surface area (Å²) >= 11 is 5.86. The van der Waals surface area contributed by atoms with Crippen LogP contribution in [0.3, 0.4) is 0 Å². The number of nitrogens with zero attached hydrogens (tertiary/aromatic N) is 6. The first-order valence-electron chi connectivity index (χ1n) is 8.84. The zero-order chi connectivity index (χ0) is 21.8. The standard InChI is InChI=1S/C19H15ClN8O3/c1-30-14-4-2-3-12(9-14)16-15(23-27-28(16)18-17(21)25-31-26-18)19(29)24-22-10-11-5-7-13(20)8-6-11/h2-10H,1H3,(H2,21,25)(H,24,29)/b22-10+. The highest BCUT2D eigenvalue weighted by molar-refractivity contribution is 6.30. The molecule has 3 N–H and O–H groups in total. The Morgan fingerprint density at radius 1 is 1.26 bits per heavy atom. The topological polar surface area (TPSA) is 146 Å². The van der Waals surface area contributed by atoms with Crippen LogP contribution < -0.4 is 15.9 Å². The quantitative estimate of drug-likeness (QED) is 0.344. The molecular formula is C19H15ClN8O3. The van der Waals surface area contributed by atoms with E-state index >= 15 is 0 Å². The van der Waals surface area contributed by atoms with Crippen LogP contribution in [0.4, 0.5) is 5.82 Å². The summed E-state index contributed by atoms with van der Waals surface area (Å²) in [5.74, 6) is 0.0590. The lowest BCUT2D eigenvalue weighted by atomic mass is 10.1. The Morgan fingerprint density at radius 3 is 2.77 bits per heavy atom. The van der Waals surface area contributed by atoms with Crippen LogP contribution in [0, 0.1) is 0 Å². The fourth-order valence-corrected chi connectivity index (χ4v) is 2.84. The van der Waals surface area contributed by atoms with Crippen LogP contribution >= 0.6 is 11.6 Å². The number of hydrogen-bond donors (Lipinski definition) is 2. The third kappa shape index (κ3) is 4.21. The van der Waals surface area contributed by atoms with Crippen molar-refractivity contribution in [3.8, 4) is 22.8 Å². The second-order valence-electron chi connectivity index (χ2n) is 6.15. The van der Waals surface area contributed by atoms with Gasteiger partial charge in [-0.2, -0.15) is 9.78 Å². The van der Waals surface area contributed by atoms with Crippen LogP contribution in [-0.2, 0) is 0 Å². The Hall–Kier alpha value is -4.25. The zero-order valence-corrected chi connectivity index (χ0v) is 16.8. The number of nitrogens with one attached hydrogen (secondary N) is 1. The molecule has 4 aromatic rings. The predicted molar refractivity (Wildman–Crippen MR) is 112 cm³/mol. The van der Waals surface area contributed by atoms with Crippen LogP contribution in [0.5, 0.6) is 5.75 Å². The number of aromatic nitrogens is 5. The van der Waals surface area contributed by atoms with Crippen LogP contribution in [0.15, 0.2) is 58.3 Å². The Morgan fingerprint density at radius 2 is 2.06 bits per heavy atom. The highest BCUT2D eigenvalue weighted by Gasteiger charge is 2.25. The van der Waals surface area contributed by atoms with E-state index in [0.29, 0.717) is 22.0 Å². The Bertz CT molecular complexity index is 1250. The molecule has 2 aromatic carbocycles. The van der Waals surface area contributed by atoms with Gasteiger partial charge >= 0.3 is 0 Å². The van der Waals surface area contributed by atoms with Gasteiger partial charge in [0.2, 0.25) is 11.6 Å². The van der Waals surface area contributed by atoms with Crippen LogP contribution in [0.1, 0.15) is 16.1 Å². The number of nitrogen functional groups attached to an aromatic ring is 1. The van der Waals surface area contributed by atoms with Gasteiger partial charge in [-0.05, 0) is 40.1 Å². The maximum atomic E-state index is 12.8. The van der Waals surface area contributed by atoms with Gasteiger partial charge in [0, 0.05) is 10.6 Å². The molecule has 11 nitrogen and oxygen atoms in total. The van der Waals surface area contributed by atoms with Crippen molar-refractivity contribution in [3.63, 3.8) is 0 Å². The molecule has 2 aromatic heterocycles. The number of nitrogens with two attached hydrogens (primary N) is 1. The van der Waals surface area contributed by atoms with Crippen molar-refractivity contribution in [1.29, 1.82) is 0 Å². The third-order valence-corrected chi connectivity index (χ3v) is 4.43. The number of halogens is 1. The van der Waals surface area contributed by atoms with Gasteiger partial charge in [0.25, 0.3) is 5.91 Å². The SMILES string of the molecule is COc1cccc(-c2c(C(=O)N/N=C/c3ccc(Cl)cc3)nnn2-c2nonc2N)c1. The van der Waals surface area contributed by atoms with E-state index in [1.165, 1.54) is 18.0 Å². The Balaban J connectivity index is 1.70. The fourth-order valence-electron chi connectivity index (χ4n) is 2.72.